The first-order valence-electron chi connectivity index (χ1n) is 11.2. The van der Waals surface area contributed by atoms with Gasteiger partial charge in [-0.3, -0.25) is 20.1 Å². The van der Waals surface area contributed by atoms with Crippen molar-refractivity contribution in [2.75, 3.05) is 19.0 Å². The Kier molecular flexibility index (Phi) is 6.64. The predicted molar refractivity (Wildman–Crippen MR) is 133 cm³/mol. The van der Waals surface area contributed by atoms with Crippen LogP contribution in [0.4, 0.5) is 5.13 Å². The molecule has 0 spiro atoms. The van der Waals surface area contributed by atoms with E-state index in [-0.39, 0.29) is 12.5 Å². The fraction of sp³-hybridized carbons (Fsp3) is 0.240. The van der Waals surface area contributed by atoms with Gasteiger partial charge in [-0.2, -0.15) is 0 Å². The molecule has 10 heteroatoms. The number of aryl methyl sites for hydroxylation is 1. The van der Waals surface area contributed by atoms with Gasteiger partial charge in [-0.05, 0) is 42.0 Å². The smallest absolute Gasteiger partial charge is 0.296 e. The van der Waals surface area contributed by atoms with E-state index in [2.05, 4.69) is 36.9 Å². The number of aromatic nitrogens is 4. The number of para-hydroxylation sites is 1. The number of nitrogens with one attached hydrogen (secondary N) is 2. The van der Waals surface area contributed by atoms with E-state index in [1.165, 1.54) is 5.56 Å². The molecule has 0 unspecified atom stereocenters. The fourth-order valence-corrected chi connectivity index (χ4v) is 4.50. The highest BCUT2D eigenvalue weighted by Crippen LogP contribution is 2.33. The number of ether oxygens (including phenoxy) is 2. The number of methoxy groups -OCH3 is 1. The summed E-state index contributed by atoms with van der Waals surface area (Å²) in [7, 11) is 1.60. The van der Waals surface area contributed by atoms with E-state index in [1.807, 2.05) is 43.3 Å². The molecular weight excluding hydrogens is 464 g/mol. The maximum Gasteiger partial charge on any atom is 0.296 e. The van der Waals surface area contributed by atoms with Crippen LogP contribution in [-0.2, 0) is 19.6 Å². The Balaban J connectivity index is 1.29. The second-order valence-corrected chi connectivity index (χ2v) is 8.96. The molecule has 9 nitrogen and oxygen atoms in total. The van der Waals surface area contributed by atoms with Gasteiger partial charge in [0.05, 0.1) is 18.4 Å². The monoisotopic (exact) mass is 488 g/mol. The van der Waals surface area contributed by atoms with Crippen LogP contribution in [0.5, 0.6) is 10.9 Å². The molecule has 3 aromatic heterocycles. The molecule has 5 rings (SSSR count). The first-order chi connectivity index (χ1) is 17.1. The molecule has 0 fully saturated rings. The summed E-state index contributed by atoms with van der Waals surface area (Å²) in [5.74, 6) is 0.330. The highest BCUT2D eigenvalue weighted by molar-refractivity contribution is 7.17. The summed E-state index contributed by atoms with van der Waals surface area (Å²) < 4.78 is 11.3. The molecule has 1 aliphatic heterocycles. The zero-order chi connectivity index (χ0) is 24.2. The zero-order valence-electron chi connectivity index (χ0n) is 19.4. The molecule has 4 aromatic rings. The van der Waals surface area contributed by atoms with E-state index in [9.17, 15) is 4.79 Å². The third kappa shape index (κ3) is 5.13. The van der Waals surface area contributed by atoms with E-state index in [0.717, 1.165) is 59.1 Å². The molecule has 1 aromatic carbocycles. The average Bonchev–Trinajstić information content (AvgIpc) is 3.34. The summed E-state index contributed by atoms with van der Waals surface area (Å²) in [6.07, 6.45) is 2.46. The van der Waals surface area contributed by atoms with Crippen LogP contribution < -0.4 is 20.1 Å². The van der Waals surface area contributed by atoms with E-state index < -0.39 is 0 Å². The van der Waals surface area contributed by atoms with Gasteiger partial charge < -0.3 is 14.8 Å². The van der Waals surface area contributed by atoms with Crippen molar-refractivity contribution in [3.63, 3.8) is 0 Å². The molecule has 0 bridgehead atoms. The maximum absolute atomic E-state index is 13.1. The summed E-state index contributed by atoms with van der Waals surface area (Å²) >= 11 is 1.16. The van der Waals surface area contributed by atoms with Gasteiger partial charge in [-0.25, -0.2) is 0 Å². The van der Waals surface area contributed by atoms with Crippen LogP contribution in [-0.4, -0.2) is 39.7 Å². The lowest BCUT2D eigenvalue weighted by molar-refractivity contribution is 0.102. The van der Waals surface area contributed by atoms with Crippen molar-refractivity contribution in [1.29, 1.82) is 0 Å². The minimum Gasteiger partial charge on any atom is -0.496 e. The number of fused-ring (bicyclic) bond motifs is 1. The van der Waals surface area contributed by atoms with Crippen molar-refractivity contribution in [3.8, 4) is 22.1 Å². The fourth-order valence-electron chi connectivity index (χ4n) is 3.91. The summed E-state index contributed by atoms with van der Waals surface area (Å²) in [4.78, 5) is 22.1. The van der Waals surface area contributed by atoms with Crippen LogP contribution >= 0.6 is 11.3 Å². The normalized spacial score (nSPS) is 12.6. The van der Waals surface area contributed by atoms with Crippen LogP contribution in [0.25, 0.3) is 11.1 Å². The standard InChI is InChI=1S/C25H24N6O3S/c1-15-11-19(18-5-3-4-6-22(18)33-2)20(13-27-15)23(32)29-24-30-31-25(35-24)34-14-17-8-7-16-12-26-10-9-21(16)28-17/h3-8,11,13,26H,9-10,12,14H2,1-2H3,(H,29,30,32). The lowest BCUT2D eigenvalue weighted by Gasteiger charge is -2.16. The molecular formula is C25H24N6O3S. The summed E-state index contributed by atoms with van der Waals surface area (Å²) in [6, 6.07) is 13.5. The Hall–Kier alpha value is -3.89. The SMILES string of the molecule is COc1ccccc1-c1cc(C)ncc1C(=O)Nc1nnc(OCc2ccc3c(n2)CCNC3)s1. The summed E-state index contributed by atoms with van der Waals surface area (Å²) in [6.45, 7) is 3.93. The number of hydrogen-bond donors (Lipinski definition) is 2. The number of anilines is 1. The minimum absolute atomic E-state index is 0.281. The Bertz CT molecular complexity index is 1370. The number of hydrogen-bond acceptors (Lipinski definition) is 9. The van der Waals surface area contributed by atoms with Gasteiger partial charge in [0.1, 0.15) is 12.4 Å². The molecule has 0 atom stereocenters. The zero-order valence-corrected chi connectivity index (χ0v) is 20.2. The molecule has 0 saturated heterocycles. The van der Waals surface area contributed by atoms with Gasteiger partial charge in [-0.1, -0.05) is 29.4 Å². The maximum atomic E-state index is 13.1. The van der Waals surface area contributed by atoms with E-state index in [1.54, 1.807) is 13.3 Å². The first kappa shape index (κ1) is 22.9. The van der Waals surface area contributed by atoms with E-state index in [4.69, 9.17) is 9.47 Å². The quantitative estimate of drug-likeness (QED) is 0.404. The Morgan fingerprint density at radius 3 is 2.94 bits per heavy atom. The van der Waals surface area contributed by atoms with E-state index in [0.29, 0.717) is 21.6 Å². The highest BCUT2D eigenvalue weighted by atomic mass is 32.1. The summed E-state index contributed by atoms with van der Waals surface area (Å²) in [5.41, 5.74) is 5.89. The summed E-state index contributed by atoms with van der Waals surface area (Å²) in [5, 5.41) is 14.9. The Morgan fingerprint density at radius 1 is 1.17 bits per heavy atom. The van der Waals surface area contributed by atoms with Crippen LogP contribution in [0.1, 0.15) is 33.0 Å². The lowest BCUT2D eigenvalue weighted by atomic mass is 9.99. The molecule has 1 amide bonds. The molecule has 178 valence electrons. The van der Waals surface area contributed by atoms with Crippen molar-refractivity contribution in [2.45, 2.75) is 26.5 Å². The molecule has 0 aliphatic carbocycles. The second-order valence-electron chi connectivity index (χ2n) is 8.02. The Morgan fingerprint density at radius 2 is 2.06 bits per heavy atom. The lowest BCUT2D eigenvalue weighted by Crippen LogP contribution is -2.24. The molecule has 4 heterocycles. The molecule has 0 radical (unpaired) electrons. The number of carbonyl (C=O) groups is 1. The van der Waals surface area contributed by atoms with Gasteiger partial charge in [-0.15, -0.1) is 5.10 Å². The average molecular weight is 489 g/mol. The van der Waals surface area contributed by atoms with E-state index >= 15 is 0 Å². The van der Waals surface area contributed by atoms with Crippen LogP contribution in [0.3, 0.4) is 0 Å². The molecule has 2 N–H and O–H groups in total. The number of pyridine rings is 2. The van der Waals surface area contributed by atoms with Crippen molar-refractivity contribution in [1.82, 2.24) is 25.5 Å². The largest absolute Gasteiger partial charge is 0.496 e. The van der Waals surface area contributed by atoms with Crippen molar-refractivity contribution in [3.05, 3.63) is 76.9 Å². The second kappa shape index (κ2) is 10.2. The topological polar surface area (TPSA) is 111 Å². The third-order valence-electron chi connectivity index (χ3n) is 5.63. The minimum atomic E-state index is -0.342. The molecule has 1 aliphatic rings. The van der Waals surface area contributed by atoms with Crippen molar-refractivity contribution in [2.24, 2.45) is 0 Å². The highest BCUT2D eigenvalue weighted by Gasteiger charge is 2.19. The predicted octanol–water partition coefficient (Wildman–Crippen LogP) is 3.79. The van der Waals surface area contributed by atoms with Gasteiger partial charge in [0.2, 0.25) is 5.13 Å². The number of rotatable bonds is 7. The third-order valence-corrected chi connectivity index (χ3v) is 6.38. The van der Waals surface area contributed by atoms with Gasteiger partial charge in [0.25, 0.3) is 11.1 Å². The van der Waals surface area contributed by atoms with Gasteiger partial charge >= 0.3 is 0 Å². The number of amides is 1. The number of benzene rings is 1. The number of carbonyl (C=O) groups excluding carboxylic acids is 1. The Labute approximate surface area is 206 Å². The van der Waals surface area contributed by atoms with Crippen LogP contribution in [0.2, 0.25) is 0 Å². The van der Waals surface area contributed by atoms with Crippen LogP contribution in [0, 0.1) is 6.92 Å². The first-order valence-corrected chi connectivity index (χ1v) is 12.0. The molecule has 35 heavy (non-hydrogen) atoms. The van der Waals surface area contributed by atoms with Crippen molar-refractivity contribution < 1.29 is 14.3 Å². The van der Waals surface area contributed by atoms with Crippen LogP contribution in [0.15, 0.2) is 48.7 Å². The van der Waals surface area contributed by atoms with Gasteiger partial charge in [0.15, 0.2) is 0 Å². The number of nitrogens with zero attached hydrogens (tertiary/aromatic N) is 4. The molecule has 0 saturated carbocycles. The van der Waals surface area contributed by atoms with Crippen molar-refractivity contribution >= 4 is 22.4 Å². The van der Waals surface area contributed by atoms with Gasteiger partial charge in [0, 0.05) is 48.2 Å².